The summed E-state index contributed by atoms with van der Waals surface area (Å²) in [7, 11) is 1.13. The second-order valence-corrected chi connectivity index (χ2v) is 4.84. The van der Waals surface area contributed by atoms with Crippen molar-refractivity contribution in [2.45, 2.75) is 13.8 Å². The Balaban J connectivity index is 2.84. The Labute approximate surface area is 126 Å². The predicted molar refractivity (Wildman–Crippen MR) is 74.3 cm³/mol. The molecule has 21 heavy (non-hydrogen) atoms. The Kier molecular flexibility index (Phi) is 6.23. The van der Waals surface area contributed by atoms with E-state index in [9.17, 15) is 14.0 Å². The minimum atomic E-state index is -0.971. The van der Waals surface area contributed by atoms with Crippen LogP contribution in [0.1, 0.15) is 13.8 Å². The number of amides is 1. The van der Waals surface area contributed by atoms with Crippen LogP contribution < -0.4 is 10.1 Å². The lowest BCUT2D eigenvalue weighted by atomic mass is 10.2. The molecule has 0 radical (unpaired) electrons. The predicted octanol–water partition coefficient (Wildman–Crippen LogP) is 3.83. The molecule has 0 saturated heterocycles. The van der Waals surface area contributed by atoms with Crippen LogP contribution in [0.2, 0.25) is 5.02 Å². The largest absolute Gasteiger partial charge is 0.513 e. The van der Waals surface area contributed by atoms with Crippen molar-refractivity contribution in [3.63, 3.8) is 0 Å². The van der Waals surface area contributed by atoms with Gasteiger partial charge in [0.1, 0.15) is 5.82 Å². The van der Waals surface area contributed by atoms with Gasteiger partial charge in [0.15, 0.2) is 5.75 Å². The summed E-state index contributed by atoms with van der Waals surface area (Å²) in [6.07, 6.45) is -1.84. The van der Waals surface area contributed by atoms with Crippen molar-refractivity contribution in [1.29, 1.82) is 0 Å². The molecule has 1 aromatic carbocycles. The standard InChI is InChI=1S/C13H15ClFNO5/c1-7(2)6-20-13(18)21-11-5-10(16-12(17)19-3)9(15)4-8(11)14/h4-5,7H,6H2,1-3H3,(H,16,17). The minimum absolute atomic E-state index is 0.135. The summed E-state index contributed by atoms with van der Waals surface area (Å²) in [5, 5.41) is 1.99. The number of carbonyl (C=O) groups is 2. The van der Waals surface area contributed by atoms with E-state index in [0.717, 1.165) is 19.2 Å². The van der Waals surface area contributed by atoms with Crippen LogP contribution in [0.4, 0.5) is 19.7 Å². The van der Waals surface area contributed by atoms with E-state index in [1.165, 1.54) is 0 Å². The maximum Gasteiger partial charge on any atom is 0.513 e. The number of hydrogen-bond donors (Lipinski definition) is 1. The van der Waals surface area contributed by atoms with Crippen LogP contribution in [0.3, 0.4) is 0 Å². The molecular weight excluding hydrogens is 305 g/mol. The highest BCUT2D eigenvalue weighted by Gasteiger charge is 2.16. The first-order chi connectivity index (χ1) is 9.83. The summed E-state index contributed by atoms with van der Waals surface area (Å²) in [6, 6.07) is 1.96. The lowest BCUT2D eigenvalue weighted by molar-refractivity contribution is 0.0886. The van der Waals surface area contributed by atoms with Gasteiger partial charge in [-0.3, -0.25) is 5.32 Å². The van der Waals surface area contributed by atoms with Crippen molar-refractivity contribution in [2.75, 3.05) is 19.0 Å². The first-order valence-corrected chi connectivity index (χ1v) is 6.40. The maximum absolute atomic E-state index is 13.6. The number of nitrogens with one attached hydrogen (secondary N) is 1. The lowest BCUT2D eigenvalue weighted by Crippen LogP contribution is -2.15. The molecule has 0 spiro atoms. The molecule has 1 aromatic rings. The molecule has 0 aliphatic rings. The first kappa shape index (κ1) is 17.0. The molecule has 0 heterocycles. The number of anilines is 1. The van der Waals surface area contributed by atoms with Gasteiger partial charge in [-0.1, -0.05) is 25.4 Å². The Bertz CT molecular complexity index is 536. The number of hydrogen-bond acceptors (Lipinski definition) is 5. The Hall–Kier alpha value is -2.02. The second kappa shape index (κ2) is 7.68. The number of ether oxygens (including phenoxy) is 3. The zero-order chi connectivity index (χ0) is 16.0. The Morgan fingerprint density at radius 2 is 2.05 bits per heavy atom. The fourth-order valence-corrected chi connectivity index (χ4v) is 1.41. The fraction of sp³-hybridized carbons (Fsp3) is 0.385. The topological polar surface area (TPSA) is 73.9 Å². The third-order valence-electron chi connectivity index (χ3n) is 2.17. The quantitative estimate of drug-likeness (QED) is 0.674. The van der Waals surface area contributed by atoms with Gasteiger partial charge in [0, 0.05) is 6.07 Å². The molecule has 8 heteroatoms. The van der Waals surface area contributed by atoms with E-state index in [4.69, 9.17) is 21.1 Å². The molecule has 0 aliphatic heterocycles. The van der Waals surface area contributed by atoms with Crippen molar-refractivity contribution >= 4 is 29.5 Å². The third-order valence-corrected chi connectivity index (χ3v) is 2.47. The van der Waals surface area contributed by atoms with Gasteiger partial charge < -0.3 is 14.2 Å². The average molecular weight is 320 g/mol. The SMILES string of the molecule is COC(=O)Nc1cc(OC(=O)OCC(C)C)c(Cl)cc1F. The molecule has 0 aliphatic carbocycles. The smallest absolute Gasteiger partial charge is 0.453 e. The van der Waals surface area contributed by atoms with E-state index in [-0.39, 0.29) is 29.0 Å². The monoisotopic (exact) mass is 319 g/mol. The van der Waals surface area contributed by atoms with Gasteiger partial charge in [-0.2, -0.15) is 0 Å². The molecule has 0 aromatic heterocycles. The normalized spacial score (nSPS) is 10.2. The number of rotatable bonds is 4. The summed E-state index contributed by atoms with van der Waals surface area (Å²) in [4.78, 5) is 22.5. The molecule has 0 saturated carbocycles. The van der Waals surface area contributed by atoms with E-state index in [2.05, 4.69) is 10.1 Å². The van der Waals surface area contributed by atoms with Crippen LogP contribution >= 0.6 is 11.6 Å². The maximum atomic E-state index is 13.6. The third kappa shape index (κ3) is 5.47. The van der Waals surface area contributed by atoms with Gasteiger partial charge in [-0.05, 0) is 12.0 Å². The fourth-order valence-electron chi connectivity index (χ4n) is 1.22. The number of carbonyl (C=O) groups excluding carboxylic acids is 2. The molecule has 0 fully saturated rings. The summed E-state index contributed by atoms with van der Waals surface area (Å²) in [6.45, 7) is 3.89. The van der Waals surface area contributed by atoms with Gasteiger partial charge in [-0.25, -0.2) is 14.0 Å². The van der Waals surface area contributed by atoms with Gasteiger partial charge in [-0.15, -0.1) is 0 Å². The molecule has 0 bridgehead atoms. The summed E-state index contributed by atoms with van der Waals surface area (Å²) < 4.78 is 27.6. The van der Waals surface area contributed by atoms with Crippen LogP contribution in [0.25, 0.3) is 0 Å². The highest BCUT2D eigenvalue weighted by Crippen LogP contribution is 2.31. The molecule has 1 rings (SSSR count). The van der Waals surface area contributed by atoms with Crippen molar-refractivity contribution < 1.29 is 28.2 Å². The Morgan fingerprint density at radius 3 is 2.62 bits per heavy atom. The molecule has 6 nitrogen and oxygen atoms in total. The number of halogens is 2. The van der Waals surface area contributed by atoms with E-state index in [1.54, 1.807) is 0 Å². The van der Waals surface area contributed by atoms with E-state index in [1.807, 2.05) is 13.8 Å². The molecular formula is C13H15ClFNO5. The zero-order valence-corrected chi connectivity index (χ0v) is 12.5. The summed E-state index contributed by atoms with van der Waals surface area (Å²) in [5.74, 6) is -0.802. The summed E-state index contributed by atoms with van der Waals surface area (Å²) in [5.41, 5.74) is -0.238. The minimum Gasteiger partial charge on any atom is -0.453 e. The van der Waals surface area contributed by atoms with Crippen molar-refractivity contribution in [3.8, 4) is 5.75 Å². The molecule has 0 unspecified atom stereocenters. The molecule has 1 N–H and O–H groups in total. The first-order valence-electron chi connectivity index (χ1n) is 6.02. The van der Waals surface area contributed by atoms with Crippen molar-refractivity contribution in [3.05, 3.63) is 23.0 Å². The zero-order valence-electron chi connectivity index (χ0n) is 11.7. The second-order valence-electron chi connectivity index (χ2n) is 4.44. The lowest BCUT2D eigenvalue weighted by Gasteiger charge is -2.11. The van der Waals surface area contributed by atoms with Gasteiger partial charge in [0.25, 0.3) is 0 Å². The van der Waals surface area contributed by atoms with Crippen LogP contribution in [-0.4, -0.2) is 26.0 Å². The number of benzene rings is 1. The van der Waals surface area contributed by atoms with Crippen molar-refractivity contribution in [1.82, 2.24) is 0 Å². The van der Waals surface area contributed by atoms with Crippen LogP contribution in [-0.2, 0) is 9.47 Å². The van der Waals surface area contributed by atoms with E-state index < -0.39 is 18.1 Å². The highest BCUT2D eigenvalue weighted by molar-refractivity contribution is 6.32. The molecule has 0 atom stereocenters. The van der Waals surface area contributed by atoms with E-state index >= 15 is 0 Å². The van der Waals surface area contributed by atoms with E-state index in [0.29, 0.717) is 0 Å². The highest BCUT2D eigenvalue weighted by atomic mass is 35.5. The van der Waals surface area contributed by atoms with Gasteiger partial charge in [0.05, 0.1) is 24.4 Å². The Morgan fingerprint density at radius 1 is 1.38 bits per heavy atom. The van der Waals surface area contributed by atoms with Crippen LogP contribution in [0.5, 0.6) is 5.75 Å². The van der Waals surface area contributed by atoms with Crippen molar-refractivity contribution in [2.24, 2.45) is 5.92 Å². The average Bonchev–Trinajstić information content (AvgIpc) is 2.41. The van der Waals surface area contributed by atoms with Crippen LogP contribution in [0, 0.1) is 11.7 Å². The van der Waals surface area contributed by atoms with Gasteiger partial charge >= 0.3 is 12.2 Å². The van der Waals surface area contributed by atoms with Crippen LogP contribution in [0.15, 0.2) is 12.1 Å². The molecule has 1 amide bonds. The summed E-state index contributed by atoms with van der Waals surface area (Å²) >= 11 is 5.76. The number of methoxy groups -OCH3 is 1. The van der Waals surface area contributed by atoms with Gasteiger partial charge in [0.2, 0.25) is 0 Å². The molecule has 116 valence electrons.